The number of nitrogens with zero attached hydrogens (tertiary/aromatic N) is 4. The van der Waals surface area contributed by atoms with E-state index >= 15 is 0 Å². The van der Waals surface area contributed by atoms with Gasteiger partial charge in [-0.1, -0.05) is 172 Å². The maximum absolute atomic E-state index is 5.65. The molecule has 4 heterocycles. The quantitative estimate of drug-likeness (QED) is 0.167. The van der Waals surface area contributed by atoms with Crippen molar-refractivity contribution in [2.45, 2.75) is 19.3 Å². The molecule has 0 saturated heterocycles. The highest BCUT2D eigenvalue weighted by atomic mass is 32.1. The second-order valence-corrected chi connectivity index (χ2v) is 19.6. The molecule has 0 radical (unpaired) electrons. The van der Waals surface area contributed by atoms with Gasteiger partial charge in [-0.2, -0.15) is 0 Å². The van der Waals surface area contributed by atoms with Crippen LogP contribution in [0.25, 0.3) is 121 Å². The lowest BCUT2D eigenvalue weighted by molar-refractivity contribution is 0.660. The molecule has 0 bridgehead atoms. The highest BCUT2D eigenvalue weighted by molar-refractivity contribution is 7.22. The van der Waals surface area contributed by atoms with E-state index < -0.39 is 0 Å². The van der Waals surface area contributed by atoms with Crippen LogP contribution in [-0.4, -0.2) is 19.1 Å². The van der Waals surface area contributed by atoms with Gasteiger partial charge in [-0.15, -0.1) is 11.3 Å². The smallest absolute Gasteiger partial charge is 0.160 e. The number of aromatic nitrogens is 4. The Morgan fingerprint density at radius 3 is 1.51 bits per heavy atom. The summed E-state index contributed by atoms with van der Waals surface area (Å²) in [6.45, 7) is 4.68. The van der Waals surface area contributed by atoms with Gasteiger partial charge in [0.25, 0.3) is 0 Å². The van der Waals surface area contributed by atoms with Crippen molar-refractivity contribution < 1.29 is 0 Å². The van der Waals surface area contributed by atoms with Gasteiger partial charge >= 0.3 is 0 Å². The van der Waals surface area contributed by atoms with Gasteiger partial charge < -0.3 is 9.13 Å². The summed E-state index contributed by atoms with van der Waals surface area (Å²) in [6.07, 6.45) is 0. The van der Waals surface area contributed by atoms with Gasteiger partial charge in [-0.3, -0.25) is 0 Å². The average molecular weight is 887 g/mol. The van der Waals surface area contributed by atoms with E-state index in [2.05, 4.69) is 241 Å². The van der Waals surface area contributed by atoms with Gasteiger partial charge in [0.1, 0.15) is 0 Å². The number of fused-ring (bicyclic) bond motifs is 10. The van der Waals surface area contributed by atoms with Crippen LogP contribution in [0, 0.1) is 0 Å². The molecule has 320 valence electrons. The summed E-state index contributed by atoms with van der Waals surface area (Å²) in [5.74, 6) is 0.666. The predicted octanol–water partition coefficient (Wildman–Crippen LogP) is 16.9. The van der Waals surface area contributed by atoms with Crippen LogP contribution in [0.15, 0.2) is 218 Å². The van der Waals surface area contributed by atoms with Crippen molar-refractivity contribution >= 4 is 65.0 Å². The lowest BCUT2D eigenvalue weighted by atomic mass is 9.82. The maximum Gasteiger partial charge on any atom is 0.160 e. The van der Waals surface area contributed by atoms with E-state index in [-0.39, 0.29) is 5.41 Å². The average Bonchev–Trinajstić information content (AvgIpc) is 4.14. The Morgan fingerprint density at radius 2 is 0.897 bits per heavy atom. The molecule has 68 heavy (non-hydrogen) atoms. The summed E-state index contributed by atoms with van der Waals surface area (Å²) in [4.78, 5) is 12.5. The van der Waals surface area contributed by atoms with E-state index in [1.54, 1.807) is 0 Å². The standard InChI is InChI=1S/C63H42N4S/c1-63(2)51-23-9-4-21-49(51)61-50(22-15-24-52(61)63)54-38-53(39-30-32-40(33-31-39)60-36-41-16-3-14-29-59(41)68-60)64-62(65-54)42-34-43(66-55-25-10-5-17-45(55)46-18-6-11-26-56(46)66)37-44(35-42)67-57-27-12-7-19-47(57)48-20-8-13-28-58(48)67/h3-38H,1-2H3. The van der Waals surface area contributed by atoms with Crippen LogP contribution in [0.4, 0.5) is 0 Å². The monoisotopic (exact) mass is 886 g/mol. The third-order valence-corrected chi connectivity index (χ3v) is 15.5. The number of benzene rings is 9. The van der Waals surface area contributed by atoms with Crippen molar-refractivity contribution in [1.82, 2.24) is 19.1 Å². The number of thiophene rings is 1. The Balaban J connectivity index is 1.04. The molecule has 0 spiro atoms. The van der Waals surface area contributed by atoms with Crippen LogP contribution in [0.2, 0.25) is 0 Å². The summed E-state index contributed by atoms with van der Waals surface area (Å²) in [5.41, 5.74) is 17.7. The SMILES string of the molecule is CC1(C)c2ccccc2-c2c(-c3cc(-c4ccc(-c5cc6ccccc6s5)cc4)nc(-c4cc(-n5c6ccccc6c6ccccc65)cc(-n5c6ccccc6c6ccccc65)c4)n3)cccc21. The first-order chi connectivity index (χ1) is 33.5. The second kappa shape index (κ2) is 14.8. The molecule has 0 aliphatic heterocycles. The Bertz CT molecular complexity index is 3910. The molecule has 1 aliphatic rings. The Labute approximate surface area is 397 Å². The summed E-state index contributed by atoms with van der Waals surface area (Å²) >= 11 is 1.83. The zero-order valence-electron chi connectivity index (χ0n) is 37.5. The second-order valence-electron chi connectivity index (χ2n) is 18.6. The molecular formula is C63H42N4S. The largest absolute Gasteiger partial charge is 0.309 e. The van der Waals surface area contributed by atoms with Crippen molar-refractivity contribution in [3.05, 3.63) is 230 Å². The first kappa shape index (κ1) is 38.8. The van der Waals surface area contributed by atoms with Crippen molar-refractivity contribution in [1.29, 1.82) is 0 Å². The van der Waals surface area contributed by atoms with Crippen LogP contribution in [0.3, 0.4) is 0 Å². The zero-order valence-corrected chi connectivity index (χ0v) is 38.3. The van der Waals surface area contributed by atoms with Crippen molar-refractivity contribution in [3.63, 3.8) is 0 Å². The molecule has 5 heteroatoms. The summed E-state index contributed by atoms with van der Waals surface area (Å²) < 4.78 is 6.11. The predicted molar refractivity (Wildman–Crippen MR) is 285 cm³/mol. The first-order valence-corrected chi connectivity index (χ1v) is 24.1. The van der Waals surface area contributed by atoms with Crippen LogP contribution in [0.1, 0.15) is 25.0 Å². The number of hydrogen-bond acceptors (Lipinski definition) is 3. The molecule has 13 aromatic rings. The molecule has 0 atom stereocenters. The van der Waals surface area contributed by atoms with E-state index in [0.29, 0.717) is 5.82 Å². The molecule has 4 aromatic heterocycles. The molecule has 0 fully saturated rings. The first-order valence-electron chi connectivity index (χ1n) is 23.3. The van der Waals surface area contributed by atoms with E-state index in [0.717, 1.165) is 61.5 Å². The Hall–Kier alpha value is -8.38. The molecule has 0 saturated carbocycles. The van der Waals surface area contributed by atoms with Crippen LogP contribution in [0.5, 0.6) is 0 Å². The molecule has 9 aromatic carbocycles. The molecule has 14 rings (SSSR count). The summed E-state index contributed by atoms with van der Waals surface area (Å²) in [5, 5.41) is 6.13. The molecule has 0 N–H and O–H groups in total. The van der Waals surface area contributed by atoms with Crippen LogP contribution in [-0.2, 0) is 5.41 Å². The van der Waals surface area contributed by atoms with E-state index in [9.17, 15) is 0 Å². The van der Waals surface area contributed by atoms with Crippen molar-refractivity contribution in [3.8, 4) is 66.8 Å². The summed E-state index contributed by atoms with van der Waals surface area (Å²) in [7, 11) is 0. The van der Waals surface area contributed by atoms with Gasteiger partial charge in [0, 0.05) is 64.6 Å². The highest BCUT2D eigenvalue weighted by Crippen LogP contribution is 2.52. The zero-order chi connectivity index (χ0) is 45.1. The van der Waals surface area contributed by atoms with E-state index in [1.165, 1.54) is 64.3 Å². The van der Waals surface area contributed by atoms with Gasteiger partial charge in [-0.25, -0.2) is 9.97 Å². The molecule has 0 unspecified atom stereocenters. The normalized spacial score (nSPS) is 13.0. The Kier molecular flexibility index (Phi) is 8.46. The van der Waals surface area contributed by atoms with Crippen LogP contribution < -0.4 is 0 Å². The van der Waals surface area contributed by atoms with Gasteiger partial charge in [0.15, 0.2) is 5.82 Å². The fourth-order valence-electron chi connectivity index (χ4n) is 11.1. The lowest BCUT2D eigenvalue weighted by Gasteiger charge is -2.21. The summed E-state index contributed by atoms with van der Waals surface area (Å²) in [6, 6.07) is 79.5. The van der Waals surface area contributed by atoms with Crippen molar-refractivity contribution in [2.75, 3.05) is 0 Å². The van der Waals surface area contributed by atoms with Gasteiger partial charge in [-0.05, 0) is 93.9 Å². The van der Waals surface area contributed by atoms with Crippen molar-refractivity contribution in [2.24, 2.45) is 0 Å². The topological polar surface area (TPSA) is 35.6 Å². The minimum atomic E-state index is -0.156. The highest BCUT2D eigenvalue weighted by Gasteiger charge is 2.37. The third-order valence-electron chi connectivity index (χ3n) is 14.3. The molecule has 4 nitrogen and oxygen atoms in total. The van der Waals surface area contributed by atoms with Gasteiger partial charge in [0.05, 0.1) is 33.5 Å². The fourth-order valence-corrected chi connectivity index (χ4v) is 12.2. The number of para-hydroxylation sites is 4. The minimum Gasteiger partial charge on any atom is -0.309 e. The molecule has 1 aliphatic carbocycles. The van der Waals surface area contributed by atoms with Gasteiger partial charge in [0.2, 0.25) is 0 Å². The minimum absolute atomic E-state index is 0.156. The van der Waals surface area contributed by atoms with Crippen LogP contribution >= 0.6 is 11.3 Å². The molecule has 0 amide bonds. The lowest BCUT2D eigenvalue weighted by Crippen LogP contribution is -2.14. The molecular weight excluding hydrogens is 845 g/mol. The van der Waals surface area contributed by atoms with E-state index in [4.69, 9.17) is 9.97 Å². The van der Waals surface area contributed by atoms with E-state index in [1.807, 2.05) is 11.3 Å². The third kappa shape index (κ3) is 5.86. The number of hydrogen-bond donors (Lipinski definition) is 0. The maximum atomic E-state index is 5.65. The number of rotatable bonds is 6. The fraction of sp³-hybridized carbons (Fsp3) is 0.0476. The Morgan fingerprint density at radius 1 is 0.397 bits per heavy atom.